The molecule has 6 rings (SSSR count). The van der Waals surface area contributed by atoms with Crippen molar-refractivity contribution in [2.24, 2.45) is 17.8 Å². The van der Waals surface area contributed by atoms with Gasteiger partial charge in [-0.3, -0.25) is 0 Å². The van der Waals surface area contributed by atoms with Gasteiger partial charge >= 0.3 is 0 Å². The summed E-state index contributed by atoms with van der Waals surface area (Å²) in [5.41, 5.74) is 2.00. The first kappa shape index (κ1) is 15.8. The number of hydrogen-bond acceptors (Lipinski definition) is 5. The van der Waals surface area contributed by atoms with E-state index < -0.39 is 0 Å². The average molecular weight is 345 g/mol. The number of aromatic nitrogens is 3. The van der Waals surface area contributed by atoms with Crippen LogP contribution in [-0.4, -0.2) is 45.6 Å². The van der Waals surface area contributed by atoms with Gasteiger partial charge in [-0.2, -0.15) is 0 Å². The smallest absolute Gasteiger partial charge is 0.213 e. The van der Waals surface area contributed by atoms with E-state index in [1.165, 1.54) is 38.8 Å². The lowest BCUT2D eigenvalue weighted by Crippen LogP contribution is -2.61. The maximum Gasteiger partial charge on any atom is 0.213 e. The van der Waals surface area contributed by atoms with Crippen molar-refractivity contribution in [2.45, 2.75) is 18.9 Å². The lowest BCUT2D eigenvalue weighted by molar-refractivity contribution is -0.0997. The summed E-state index contributed by atoms with van der Waals surface area (Å²) in [6.07, 6.45) is 10.0. The molecule has 3 aliphatic heterocycles. The van der Waals surface area contributed by atoms with E-state index in [9.17, 15) is 0 Å². The first-order valence-corrected chi connectivity index (χ1v) is 8.45. The molecule has 0 N–H and O–H groups in total. The Hall–Kier alpha value is -1.72. The highest BCUT2D eigenvalue weighted by molar-refractivity contribution is 5.85. The van der Waals surface area contributed by atoms with Crippen LogP contribution in [0.25, 0.3) is 11.1 Å². The van der Waals surface area contributed by atoms with Gasteiger partial charge in [0.25, 0.3) is 0 Å². The van der Waals surface area contributed by atoms with E-state index in [1.807, 2.05) is 18.3 Å². The van der Waals surface area contributed by atoms with Gasteiger partial charge in [0.1, 0.15) is 12.4 Å². The molecule has 0 spiro atoms. The molecule has 0 amide bonds. The number of rotatable bonds is 3. The van der Waals surface area contributed by atoms with Gasteiger partial charge in [0, 0.05) is 67.3 Å². The average Bonchev–Trinajstić information content (AvgIpc) is 2.59. The number of ether oxygens (including phenoxy) is 1. The molecule has 5 nitrogen and oxygen atoms in total. The van der Waals surface area contributed by atoms with E-state index in [1.54, 1.807) is 12.4 Å². The minimum Gasteiger partial charge on any atom is -0.474 e. The van der Waals surface area contributed by atoms with E-state index in [0.717, 1.165) is 22.9 Å². The van der Waals surface area contributed by atoms with Crippen molar-refractivity contribution in [1.82, 2.24) is 19.9 Å². The summed E-state index contributed by atoms with van der Waals surface area (Å²) in [7, 11) is 0. The molecule has 6 heteroatoms. The van der Waals surface area contributed by atoms with E-state index >= 15 is 0 Å². The molecule has 4 aliphatic rings. The predicted octanol–water partition coefficient (Wildman–Crippen LogP) is 2.68. The number of halogens is 1. The second-order valence-corrected chi connectivity index (χ2v) is 7.17. The van der Waals surface area contributed by atoms with Crippen molar-refractivity contribution in [1.29, 1.82) is 0 Å². The summed E-state index contributed by atoms with van der Waals surface area (Å²) in [5.74, 6) is 3.02. The van der Waals surface area contributed by atoms with Gasteiger partial charge in [0.2, 0.25) is 5.88 Å². The minimum atomic E-state index is 0. The molecule has 1 aliphatic carbocycles. The first-order chi connectivity index (χ1) is 11.3. The van der Waals surface area contributed by atoms with Crippen molar-refractivity contribution in [3.63, 3.8) is 0 Å². The van der Waals surface area contributed by atoms with E-state index in [0.29, 0.717) is 17.9 Å². The summed E-state index contributed by atoms with van der Waals surface area (Å²) >= 11 is 0. The minimum absolute atomic E-state index is 0. The normalized spacial score (nSPS) is 33.1. The van der Waals surface area contributed by atoms with Gasteiger partial charge in [-0.15, -0.1) is 12.4 Å². The zero-order valence-corrected chi connectivity index (χ0v) is 14.2. The molecule has 2 atom stereocenters. The van der Waals surface area contributed by atoms with Crippen LogP contribution in [0.2, 0.25) is 0 Å². The molecular formula is C18H21ClN4O. The van der Waals surface area contributed by atoms with Crippen LogP contribution in [0, 0.1) is 17.8 Å². The Balaban J connectivity index is 0.00000146. The highest BCUT2D eigenvalue weighted by Gasteiger charge is 2.48. The Morgan fingerprint density at radius 2 is 1.67 bits per heavy atom. The number of hydrogen-bond donors (Lipinski definition) is 0. The fourth-order valence-corrected chi connectivity index (χ4v) is 4.76. The van der Waals surface area contributed by atoms with Crippen LogP contribution in [0.1, 0.15) is 12.8 Å². The lowest BCUT2D eigenvalue weighted by Gasteiger charge is -2.55. The van der Waals surface area contributed by atoms with Crippen LogP contribution in [0.3, 0.4) is 0 Å². The Bertz CT molecular complexity index is 666. The number of nitrogens with zero attached hydrogens (tertiary/aromatic N) is 4. The first-order valence-electron chi connectivity index (χ1n) is 8.45. The molecule has 3 saturated heterocycles. The van der Waals surface area contributed by atoms with Gasteiger partial charge < -0.3 is 9.64 Å². The highest BCUT2D eigenvalue weighted by Crippen LogP contribution is 2.44. The summed E-state index contributed by atoms with van der Waals surface area (Å²) in [5, 5.41) is 0. The van der Waals surface area contributed by atoms with E-state index in [2.05, 4.69) is 19.9 Å². The Morgan fingerprint density at radius 1 is 0.917 bits per heavy atom. The predicted molar refractivity (Wildman–Crippen MR) is 93.1 cm³/mol. The summed E-state index contributed by atoms with van der Waals surface area (Å²) in [6.45, 7) is 3.72. The van der Waals surface area contributed by atoms with Crippen LogP contribution < -0.4 is 4.74 Å². The second-order valence-electron chi connectivity index (χ2n) is 7.17. The van der Waals surface area contributed by atoms with Gasteiger partial charge in [-0.1, -0.05) is 0 Å². The molecule has 1 saturated carbocycles. The molecule has 0 radical (unpaired) electrons. The highest BCUT2D eigenvalue weighted by atomic mass is 35.5. The van der Waals surface area contributed by atoms with Crippen LogP contribution in [0.5, 0.6) is 5.88 Å². The lowest BCUT2D eigenvalue weighted by atomic mass is 9.66. The molecule has 126 valence electrons. The second kappa shape index (κ2) is 6.30. The monoisotopic (exact) mass is 344 g/mol. The molecule has 2 unspecified atom stereocenters. The number of piperidine rings is 3. The third-order valence-corrected chi connectivity index (χ3v) is 5.59. The molecule has 24 heavy (non-hydrogen) atoms. The van der Waals surface area contributed by atoms with Crippen molar-refractivity contribution >= 4 is 12.4 Å². The largest absolute Gasteiger partial charge is 0.474 e. The van der Waals surface area contributed by atoms with Gasteiger partial charge in [0.05, 0.1) is 0 Å². The fourth-order valence-electron chi connectivity index (χ4n) is 4.76. The standard InChI is InChI=1S/C18H20N4O.ClH/c1-2-17(21-7-13(1)16-5-19-11-20-6-16)23-18-14-3-12-4-15(18)10-22(8-12)9-14;/h1-2,5-7,11-12,14-15,18H,3-4,8-10H2;1H. The van der Waals surface area contributed by atoms with Gasteiger partial charge in [0.15, 0.2) is 0 Å². The van der Waals surface area contributed by atoms with Crippen molar-refractivity contribution < 1.29 is 4.74 Å². The Labute approximate surface area is 147 Å². The zero-order valence-electron chi connectivity index (χ0n) is 13.4. The molecule has 0 aromatic carbocycles. The van der Waals surface area contributed by atoms with Crippen LogP contribution in [0.15, 0.2) is 37.1 Å². The Kier molecular flexibility index (Phi) is 4.14. The van der Waals surface area contributed by atoms with Crippen molar-refractivity contribution in [3.05, 3.63) is 37.1 Å². The molecule has 4 fully saturated rings. The molecule has 4 bridgehead atoms. The van der Waals surface area contributed by atoms with E-state index in [-0.39, 0.29) is 12.4 Å². The molecule has 2 aromatic rings. The molecule has 5 heterocycles. The zero-order chi connectivity index (χ0) is 15.2. The van der Waals surface area contributed by atoms with Crippen LogP contribution in [-0.2, 0) is 0 Å². The maximum atomic E-state index is 6.31. The SMILES string of the molecule is Cl.c1ncc(-c2ccc(OC3C4CC5CC3CN(C5)C4)nc2)cn1. The number of pyridine rings is 1. The Morgan fingerprint density at radius 3 is 2.29 bits per heavy atom. The van der Waals surface area contributed by atoms with Crippen LogP contribution >= 0.6 is 12.4 Å². The fraction of sp³-hybridized carbons (Fsp3) is 0.500. The van der Waals surface area contributed by atoms with Gasteiger partial charge in [-0.25, -0.2) is 15.0 Å². The maximum absolute atomic E-state index is 6.31. The molecular weight excluding hydrogens is 324 g/mol. The summed E-state index contributed by atoms with van der Waals surface area (Å²) < 4.78 is 6.31. The van der Waals surface area contributed by atoms with E-state index in [4.69, 9.17) is 4.74 Å². The summed E-state index contributed by atoms with van der Waals surface area (Å²) in [6, 6.07) is 4.02. The van der Waals surface area contributed by atoms with Crippen LogP contribution in [0.4, 0.5) is 0 Å². The van der Waals surface area contributed by atoms with Crippen molar-refractivity contribution in [3.8, 4) is 17.0 Å². The summed E-state index contributed by atoms with van der Waals surface area (Å²) in [4.78, 5) is 15.2. The van der Waals surface area contributed by atoms with Crippen molar-refractivity contribution in [2.75, 3.05) is 19.6 Å². The quantitative estimate of drug-likeness (QED) is 0.856. The third kappa shape index (κ3) is 2.76. The van der Waals surface area contributed by atoms with Gasteiger partial charge in [-0.05, 0) is 24.8 Å². The molecule has 2 aromatic heterocycles. The third-order valence-electron chi connectivity index (χ3n) is 5.59. The topological polar surface area (TPSA) is 51.1 Å².